The highest BCUT2D eigenvalue weighted by Gasteiger charge is 2.05. The molecular formula is C17H13Cl2NO2. The van der Waals surface area contributed by atoms with Gasteiger partial charge in [-0.3, -0.25) is 9.59 Å². The van der Waals surface area contributed by atoms with Crippen molar-refractivity contribution in [3.05, 3.63) is 75.9 Å². The number of benzene rings is 2. The lowest BCUT2D eigenvalue weighted by molar-refractivity contribution is 0.101. The van der Waals surface area contributed by atoms with Gasteiger partial charge in [-0.1, -0.05) is 35.3 Å². The van der Waals surface area contributed by atoms with Crippen molar-refractivity contribution in [2.45, 2.75) is 6.92 Å². The van der Waals surface area contributed by atoms with E-state index >= 15 is 0 Å². The maximum atomic E-state index is 12.0. The van der Waals surface area contributed by atoms with E-state index in [2.05, 4.69) is 5.32 Å². The molecule has 2 rings (SSSR count). The van der Waals surface area contributed by atoms with Gasteiger partial charge in [0, 0.05) is 29.1 Å². The lowest BCUT2D eigenvalue weighted by atomic mass is 10.1. The molecule has 0 aromatic heterocycles. The summed E-state index contributed by atoms with van der Waals surface area (Å²) in [7, 11) is 0. The van der Waals surface area contributed by atoms with Crippen molar-refractivity contribution < 1.29 is 9.59 Å². The van der Waals surface area contributed by atoms with Crippen molar-refractivity contribution in [2.75, 3.05) is 5.32 Å². The van der Waals surface area contributed by atoms with Crippen LogP contribution in [-0.2, 0) is 0 Å². The lowest BCUT2D eigenvalue weighted by Gasteiger charge is -2.03. The van der Waals surface area contributed by atoms with Crippen LogP contribution in [0.4, 0.5) is 5.69 Å². The van der Waals surface area contributed by atoms with Crippen LogP contribution in [0.25, 0.3) is 0 Å². The van der Waals surface area contributed by atoms with E-state index in [1.165, 1.54) is 25.3 Å². The summed E-state index contributed by atoms with van der Waals surface area (Å²) in [6, 6.07) is 11.7. The summed E-state index contributed by atoms with van der Waals surface area (Å²) < 4.78 is 0. The number of anilines is 1. The van der Waals surface area contributed by atoms with Crippen LogP contribution in [0, 0.1) is 0 Å². The average Bonchev–Trinajstić information content (AvgIpc) is 2.50. The van der Waals surface area contributed by atoms with Crippen LogP contribution in [0.3, 0.4) is 0 Å². The topological polar surface area (TPSA) is 46.2 Å². The first-order valence-electron chi connectivity index (χ1n) is 6.51. The molecule has 0 heterocycles. The minimum Gasteiger partial charge on any atom is -0.362 e. The van der Waals surface area contributed by atoms with Crippen molar-refractivity contribution in [2.24, 2.45) is 0 Å². The van der Waals surface area contributed by atoms with Gasteiger partial charge in [0.2, 0.25) is 0 Å². The zero-order chi connectivity index (χ0) is 16.1. The predicted molar refractivity (Wildman–Crippen MR) is 90.0 cm³/mol. The molecule has 0 aliphatic carbocycles. The Kier molecular flexibility index (Phi) is 5.36. The Morgan fingerprint density at radius 1 is 1.00 bits per heavy atom. The molecule has 0 radical (unpaired) electrons. The third kappa shape index (κ3) is 4.20. The standard InChI is InChI=1S/C17H13Cl2NO2/c1-11(21)12-3-2-4-14(9-12)20-8-7-17(22)13-5-6-15(18)16(19)10-13/h2-10,20H,1H3/b8-7-. The fraction of sp³-hybridized carbons (Fsp3) is 0.0588. The van der Waals surface area contributed by atoms with Crippen molar-refractivity contribution in [3.8, 4) is 0 Å². The minimum atomic E-state index is -0.200. The largest absolute Gasteiger partial charge is 0.362 e. The second kappa shape index (κ2) is 7.25. The molecule has 3 nitrogen and oxygen atoms in total. The number of carbonyl (C=O) groups is 2. The van der Waals surface area contributed by atoms with Gasteiger partial charge in [0.15, 0.2) is 11.6 Å². The molecule has 2 aromatic carbocycles. The summed E-state index contributed by atoms with van der Waals surface area (Å²) in [5.74, 6) is -0.215. The number of hydrogen-bond donors (Lipinski definition) is 1. The predicted octanol–water partition coefficient (Wildman–Crippen LogP) is 5.00. The molecule has 0 bridgehead atoms. The first-order chi connectivity index (χ1) is 10.5. The molecule has 0 fully saturated rings. The molecule has 0 unspecified atom stereocenters. The normalized spacial score (nSPS) is 10.7. The zero-order valence-electron chi connectivity index (χ0n) is 11.8. The highest BCUT2D eigenvalue weighted by Crippen LogP contribution is 2.22. The summed E-state index contributed by atoms with van der Waals surface area (Å²) in [5, 5.41) is 3.69. The van der Waals surface area contributed by atoms with E-state index in [4.69, 9.17) is 23.2 Å². The van der Waals surface area contributed by atoms with Crippen LogP contribution in [0.15, 0.2) is 54.7 Å². The molecule has 0 aliphatic rings. The van der Waals surface area contributed by atoms with Crippen LogP contribution in [-0.4, -0.2) is 11.6 Å². The van der Waals surface area contributed by atoms with E-state index in [0.717, 1.165) is 5.69 Å². The number of halogens is 2. The van der Waals surface area contributed by atoms with Gasteiger partial charge >= 0.3 is 0 Å². The van der Waals surface area contributed by atoms with Crippen LogP contribution >= 0.6 is 23.2 Å². The third-order valence-corrected chi connectivity index (χ3v) is 3.70. The van der Waals surface area contributed by atoms with Crippen molar-refractivity contribution in [1.29, 1.82) is 0 Å². The Hall–Kier alpha value is -2.10. The van der Waals surface area contributed by atoms with Gasteiger partial charge in [-0.15, -0.1) is 0 Å². The first kappa shape index (κ1) is 16.3. The SMILES string of the molecule is CC(=O)c1cccc(N/C=C\C(=O)c2ccc(Cl)c(Cl)c2)c1. The molecule has 0 aliphatic heterocycles. The van der Waals surface area contributed by atoms with Gasteiger partial charge in [-0.2, -0.15) is 0 Å². The van der Waals surface area contributed by atoms with E-state index in [1.54, 1.807) is 36.4 Å². The number of ketones is 2. The second-order valence-electron chi connectivity index (χ2n) is 4.61. The number of allylic oxidation sites excluding steroid dienone is 1. The number of rotatable bonds is 5. The molecule has 0 saturated carbocycles. The summed E-state index contributed by atoms with van der Waals surface area (Å²) >= 11 is 11.7. The highest BCUT2D eigenvalue weighted by atomic mass is 35.5. The monoisotopic (exact) mass is 333 g/mol. The first-order valence-corrected chi connectivity index (χ1v) is 7.26. The number of nitrogens with one attached hydrogen (secondary N) is 1. The van der Waals surface area contributed by atoms with E-state index in [-0.39, 0.29) is 11.6 Å². The quantitative estimate of drug-likeness (QED) is 0.618. The highest BCUT2D eigenvalue weighted by molar-refractivity contribution is 6.42. The summed E-state index contributed by atoms with van der Waals surface area (Å²) in [4.78, 5) is 23.3. The van der Waals surface area contributed by atoms with Crippen molar-refractivity contribution in [1.82, 2.24) is 0 Å². The molecule has 0 atom stereocenters. The molecule has 22 heavy (non-hydrogen) atoms. The second-order valence-corrected chi connectivity index (χ2v) is 5.42. The van der Waals surface area contributed by atoms with Crippen LogP contribution in [0.1, 0.15) is 27.6 Å². The van der Waals surface area contributed by atoms with Crippen LogP contribution < -0.4 is 5.32 Å². The Morgan fingerprint density at radius 3 is 2.45 bits per heavy atom. The third-order valence-electron chi connectivity index (χ3n) is 2.96. The zero-order valence-corrected chi connectivity index (χ0v) is 13.3. The smallest absolute Gasteiger partial charge is 0.187 e. The minimum absolute atomic E-state index is 0.0143. The molecular weight excluding hydrogens is 321 g/mol. The molecule has 2 aromatic rings. The molecule has 0 saturated heterocycles. The van der Waals surface area contributed by atoms with Crippen molar-refractivity contribution >= 4 is 40.5 Å². The number of Topliss-reactive ketones (excluding diaryl/α,β-unsaturated/α-hetero) is 1. The van der Waals surface area contributed by atoms with Crippen LogP contribution in [0.2, 0.25) is 10.0 Å². The fourth-order valence-corrected chi connectivity index (χ4v) is 2.09. The van der Waals surface area contributed by atoms with Gasteiger partial charge in [-0.25, -0.2) is 0 Å². The summed E-state index contributed by atoms with van der Waals surface area (Å²) in [6.07, 6.45) is 2.91. The number of hydrogen-bond acceptors (Lipinski definition) is 3. The van der Waals surface area contributed by atoms with Crippen LogP contribution in [0.5, 0.6) is 0 Å². The van der Waals surface area contributed by atoms with Gasteiger partial charge in [0.05, 0.1) is 10.0 Å². The molecule has 0 spiro atoms. The Balaban J connectivity index is 2.05. The van der Waals surface area contributed by atoms with E-state index in [9.17, 15) is 9.59 Å². The van der Waals surface area contributed by atoms with Gasteiger partial charge < -0.3 is 5.32 Å². The summed E-state index contributed by atoms with van der Waals surface area (Å²) in [6.45, 7) is 1.50. The van der Waals surface area contributed by atoms with E-state index < -0.39 is 0 Å². The average molecular weight is 334 g/mol. The summed E-state index contributed by atoms with van der Waals surface area (Å²) in [5.41, 5.74) is 1.78. The Bertz CT molecular complexity index is 754. The maximum absolute atomic E-state index is 12.0. The molecule has 0 amide bonds. The maximum Gasteiger partial charge on any atom is 0.187 e. The molecule has 1 N–H and O–H groups in total. The number of carbonyl (C=O) groups excluding carboxylic acids is 2. The Labute approximate surface area is 138 Å². The van der Waals surface area contributed by atoms with Gasteiger partial charge in [0.1, 0.15) is 0 Å². The van der Waals surface area contributed by atoms with Crippen molar-refractivity contribution in [3.63, 3.8) is 0 Å². The van der Waals surface area contributed by atoms with E-state index in [0.29, 0.717) is 21.2 Å². The Morgan fingerprint density at radius 2 is 1.77 bits per heavy atom. The van der Waals surface area contributed by atoms with E-state index in [1.807, 2.05) is 0 Å². The molecule has 112 valence electrons. The van der Waals surface area contributed by atoms with Gasteiger partial charge in [-0.05, 0) is 37.3 Å². The van der Waals surface area contributed by atoms with Gasteiger partial charge in [0.25, 0.3) is 0 Å². The fourth-order valence-electron chi connectivity index (χ4n) is 1.79. The lowest BCUT2D eigenvalue weighted by Crippen LogP contribution is -1.97. The molecule has 5 heteroatoms.